The molecule has 0 aliphatic carbocycles. The van der Waals surface area contributed by atoms with Crippen LogP contribution in [0.4, 0.5) is 0 Å². The van der Waals surface area contributed by atoms with Gasteiger partial charge in [-0.25, -0.2) is 4.79 Å². The Bertz CT molecular complexity index is 1480. The van der Waals surface area contributed by atoms with Gasteiger partial charge in [-0.15, -0.1) is 0 Å². The molecule has 2 aromatic heterocycles. The van der Waals surface area contributed by atoms with Gasteiger partial charge in [-0.2, -0.15) is 5.10 Å². The normalized spacial score (nSPS) is 12.1. The first kappa shape index (κ1) is 23.7. The Morgan fingerprint density at radius 1 is 1.09 bits per heavy atom. The molecule has 4 aromatic rings. The summed E-state index contributed by atoms with van der Waals surface area (Å²) in [6, 6.07) is 12.9. The van der Waals surface area contributed by atoms with Crippen molar-refractivity contribution in [3.8, 4) is 11.3 Å². The Kier molecular flexibility index (Phi) is 6.37. The summed E-state index contributed by atoms with van der Waals surface area (Å²) in [5.41, 5.74) is 7.72. The van der Waals surface area contributed by atoms with Crippen molar-refractivity contribution in [2.24, 2.45) is 12.8 Å². The third-order valence-corrected chi connectivity index (χ3v) is 5.63. The lowest BCUT2D eigenvalue weighted by atomic mass is 10.0. The number of carbonyl (C=O) groups excluding carboxylic acids is 3. The van der Waals surface area contributed by atoms with Gasteiger partial charge in [-0.05, 0) is 31.5 Å². The van der Waals surface area contributed by atoms with E-state index in [1.807, 2.05) is 19.9 Å². The second kappa shape index (κ2) is 9.41. The largest absolute Gasteiger partial charge is 0.420 e. The molecule has 0 radical (unpaired) electrons. The number of carbonyl (C=O) groups is 3. The summed E-state index contributed by atoms with van der Waals surface area (Å²) < 4.78 is 8.49. The van der Waals surface area contributed by atoms with Gasteiger partial charge in [0.15, 0.2) is 5.58 Å². The van der Waals surface area contributed by atoms with Gasteiger partial charge >= 0.3 is 5.76 Å². The Balaban J connectivity index is 1.74. The number of hydrogen-bond acceptors (Lipinski definition) is 6. The van der Waals surface area contributed by atoms with Crippen LogP contribution in [0.25, 0.3) is 22.4 Å². The van der Waals surface area contributed by atoms with Crippen LogP contribution in [-0.4, -0.2) is 38.0 Å². The number of para-hydroxylation sites is 1. The van der Waals surface area contributed by atoms with Crippen LogP contribution in [0.2, 0.25) is 0 Å². The van der Waals surface area contributed by atoms with E-state index in [4.69, 9.17) is 10.2 Å². The van der Waals surface area contributed by atoms with Crippen LogP contribution in [0.3, 0.4) is 0 Å². The molecule has 0 bridgehead atoms. The van der Waals surface area contributed by atoms with Crippen LogP contribution in [0, 0.1) is 0 Å². The van der Waals surface area contributed by atoms with Crippen molar-refractivity contribution < 1.29 is 18.8 Å². The molecule has 0 aliphatic heterocycles. The number of ketones is 1. The van der Waals surface area contributed by atoms with Crippen LogP contribution in [0.5, 0.6) is 0 Å². The summed E-state index contributed by atoms with van der Waals surface area (Å²) >= 11 is 0. The van der Waals surface area contributed by atoms with Crippen molar-refractivity contribution in [2.75, 3.05) is 0 Å². The molecule has 10 heteroatoms. The highest BCUT2D eigenvalue weighted by molar-refractivity contribution is 6.38. The summed E-state index contributed by atoms with van der Waals surface area (Å²) in [5, 5.41) is 7.04. The smallest absolute Gasteiger partial charge is 0.407 e. The van der Waals surface area contributed by atoms with Gasteiger partial charge in [0.2, 0.25) is 5.78 Å². The first-order valence-electron chi connectivity index (χ1n) is 11.0. The minimum atomic E-state index is -1.16. The lowest BCUT2D eigenvalue weighted by Crippen LogP contribution is -2.47. The summed E-state index contributed by atoms with van der Waals surface area (Å²) in [5.74, 6) is -3.18. The maximum Gasteiger partial charge on any atom is 0.420 e. The maximum atomic E-state index is 13.3. The van der Waals surface area contributed by atoms with Crippen LogP contribution in [-0.2, 0) is 23.1 Å². The molecular formula is C25H25N5O5. The number of benzene rings is 2. The molecule has 2 heterocycles. The van der Waals surface area contributed by atoms with E-state index in [0.717, 1.165) is 5.56 Å². The van der Waals surface area contributed by atoms with E-state index in [1.165, 1.54) is 15.4 Å². The molecule has 0 fully saturated rings. The number of Topliss-reactive ketones (excluding diaryl/α,β-unsaturated/α-hetero) is 1. The van der Waals surface area contributed by atoms with E-state index >= 15 is 0 Å². The van der Waals surface area contributed by atoms with Gasteiger partial charge in [0.05, 0.1) is 11.1 Å². The number of hydrogen-bond donors (Lipinski definition) is 2. The lowest BCUT2D eigenvalue weighted by molar-refractivity contribution is -0.137. The number of aromatic nitrogens is 3. The Labute approximate surface area is 200 Å². The zero-order valence-corrected chi connectivity index (χ0v) is 19.5. The van der Waals surface area contributed by atoms with Crippen molar-refractivity contribution >= 4 is 28.7 Å². The quantitative estimate of drug-likeness (QED) is 0.373. The van der Waals surface area contributed by atoms with Crippen molar-refractivity contribution in [3.05, 3.63) is 76.4 Å². The fourth-order valence-corrected chi connectivity index (χ4v) is 4.05. The number of nitrogens with one attached hydrogen (secondary N) is 1. The average Bonchev–Trinajstić information content (AvgIpc) is 3.37. The van der Waals surface area contributed by atoms with Gasteiger partial charge in [-0.1, -0.05) is 36.4 Å². The average molecular weight is 476 g/mol. The third-order valence-electron chi connectivity index (χ3n) is 5.63. The number of nitrogens with zero attached hydrogens (tertiary/aromatic N) is 3. The fraction of sp³-hybridized carbons (Fsp3) is 0.240. The second-order valence-electron chi connectivity index (χ2n) is 8.49. The molecule has 35 heavy (non-hydrogen) atoms. The van der Waals surface area contributed by atoms with Crippen LogP contribution in [0.1, 0.15) is 35.8 Å². The van der Waals surface area contributed by atoms with E-state index in [1.54, 1.807) is 49.5 Å². The van der Waals surface area contributed by atoms with E-state index in [-0.39, 0.29) is 23.7 Å². The number of oxazole rings is 1. The van der Waals surface area contributed by atoms with Gasteiger partial charge in [-0.3, -0.25) is 23.6 Å². The predicted molar refractivity (Wildman–Crippen MR) is 129 cm³/mol. The van der Waals surface area contributed by atoms with Crippen molar-refractivity contribution in [1.29, 1.82) is 0 Å². The minimum Gasteiger partial charge on any atom is -0.407 e. The zero-order valence-electron chi connectivity index (χ0n) is 19.5. The Hall–Kier alpha value is -4.47. The number of nitrogens with two attached hydrogens (primary N) is 1. The second-order valence-corrected chi connectivity index (χ2v) is 8.49. The standard InChI is InChI=1S/C25H25N5O5/c1-14(2)30-19-11-7-10-16(22(19)35-25(30)34)20-17(13-29(3)28-20)24(33)27-18(21(31)23(26)32)12-15-8-5-4-6-9-15/h4-11,13-14,18H,12H2,1-3H3,(H2,26,32)(H,27,33). The number of fused-ring (bicyclic) bond motifs is 1. The highest BCUT2D eigenvalue weighted by atomic mass is 16.4. The Morgan fingerprint density at radius 2 is 1.80 bits per heavy atom. The minimum absolute atomic E-state index is 0.0889. The van der Waals surface area contributed by atoms with Gasteiger partial charge < -0.3 is 15.5 Å². The molecule has 180 valence electrons. The molecule has 0 saturated heterocycles. The molecular weight excluding hydrogens is 450 g/mol. The van der Waals surface area contributed by atoms with Crippen LogP contribution < -0.4 is 16.8 Å². The lowest BCUT2D eigenvalue weighted by Gasteiger charge is -2.16. The maximum absolute atomic E-state index is 13.3. The van der Waals surface area contributed by atoms with Gasteiger partial charge in [0, 0.05) is 31.3 Å². The van der Waals surface area contributed by atoms with Gasteiger partial charge in [0.1, 0.15) is 11.7 Å². The third kappa shape index (κ3) is 4.63. The number of rotatable bonds is 8. The molecule has 0 spiro atoms. The fourth-order valence-electron chi connectivity index (χ4n) is 4.05. The van der Waals surface area contributed by atoms with E-state index < -0.39 is 29.4 Å². The summed E-state index contributed by atoms with van der Waals surface area (Å²) in [4.78, 5) is 49.9. The molecule has 1 unspecified atom stereocenters. The number of primary amides is 1. The zero-order chi connectivity index (χ0) is 25.3. The topological polar surface area (TPSA) is 142 Å². The summed E-state index contributed by atoms with van der Waals surface area (Å²) in [6.07, 6.45) is 1.58. The first-order chi connectivity index (χ1) is 16.7. The molecule has 3 N–H and O–H groups in total. The van der Waals surface area contributed by atoms with E-state index in [2.05, 4.69) is 10.4 Å². The summed E-state index contributed by atoms with van der Waals surface area (Å²) in [6.45, 7) is 3.73. The molecule has 2 amide bonds. The first-order valence-corrected chi connectivity index (χ1v) is 11.0. The highest BCUT2D eigenvalue weighted by Crippen LogP contribution is 2.30. The monoisotopic (exact) mass is 475 g/mol. The molecule has 2 aromatic carbocycles. The predicted octanol–water partition coefficient (Wildman–Crippen LogP) is 1.97. The van der Waals surface area contributed by atoms with Gasteiger partial charge in [0.25, 0.3) is 11.8 Å². The Morgan fingerprint density at radius 3 is 2.46 bits per heavy atom. The molecule has 4 rings (SSSR count). The number of amides is 2. The van der Waals surface area contributed by atoms with Crippen molar-refractivity contribution in [3.63, 3.8) is 0 Å². The highest BCUT2D eigenvalue weighted by Gasteiger charge is 2.29. The van der Waals surface area contributed by atoms with Crippen molar-refractivity contribution in [2.45, 2.75) is 32.4 Å². The van der Waals surface area contributed by atoms with E-state index in [9.17, 15) is 19.2 Å². The van der Waals surface area contributed by atoms with Crippen LogP contribution in [0.15, 0.2) is 63.9 Å². The van der Waals surface area contributed by atoms with Crippen LogP contribution >= 0.6 is 0 Å². The molecule has 1 atom stereocenters. The SMILES string of the molecule is CC(C)n1c(=O)oc2c(-c3nn(C)cc3C(=O)NC(Cc3ccccc3)C(=O)C(N)=O)cccc21. The molecule has 0 saturated carbocycles. The van der Waals surface area contributed by atoms with Crippen molar-refractivity contribution in [1.82, 2.24) is 19.7 Å². The number of aryl methyl sites for hydroxylation is 1. The van der Waals surface area contributed by atoms with E-state index in [0.29, 0.717) is 16.7 Å². The molecule has 10 nitrogen and oxygen atoms in total. The summed E-state index contributed by atoms with van der Waals surface area (Å²) in [7, 11) is 1.64. The molecule has 0 aliphatic rings.